The van der Waals surface area contributed by atoms with Gasteiger partial charge in [0.1, 0.15) is 12.4 Å². The number of aliphatic hydroxyl groups excluding tert-OH is 1. The van der Waals surface area contributed by atoms with Crippen LogP contribution in [0.3, 0.4) is 0 Å². The molecule has 4 rings (SSSR count). The van der Waals surface area contributed by atoms with Crippen molar-refractivity contribution in [3.63, 3.8) is 0 Å². The van der Waals surface area contributed by atoms with Gasteiger partial charge in [0.05, 0.1) is 6.54 Å². The molecule has 184 valence electrons. The second-order valence-electron chi connectivity index (χ2n) is 7.51. The highest BCUT2D eigenvalue weighted by atomic mass is 35.5. The molecule has 0 aliphatic carbocycles. The largest absolute Gasteiger partial charge is 0.416 e. The SMILES string of the molecule is O=c1n(Cc2nc(Cc3c(Cl)cccc3Cl)n[nH]2)nc(-c2ccc(Cl)cc2)n1C[C@@H](O)C(F)(F)F. The van der Waals surface area contributed by atoms with E-state index in [0.29, 0.717) is 32.0 Å². The van der Waals surface area contributed by atoms with Gasteiger partial charge in [0, 0.05) is 27.1 Å². The van der Waals surface area contributed by atoms with Gasteiger partial charge in [-0.15, -0.1) is 5.10 Å². The van der Waals surface area contributed by atoms with Gasteiger partial charge < -0.3 is 5.11 Å². The van der Waals surface area contributed by atoms with Crippen molar-refractivity contribution < 1.29 is 18.3 Å². The monoisotopic (exact) mass is 546 g/mol. The third kappa shape index (κ3) is 5.69. The molecule has 8 nitrogen and oxygen atoms in total. The predicted octanol–water partition coefficient (Wildman–Crippen LogP) is 4.35. The number of nitrogens with one attached hydrogen (secondary N) is 1. The molecule has 2 heterocycles. The number of aliphatic hydroxyl groups is 1. The van der Waals surface area contributed by atoms with Crippen LogP contribution in [0.5, 0.6) is 0 Å². The van der Waals surface area contributed by atoms with E-state index in [1.807, 2.05) is 0 Å². The number of alkyl halides is 3. The molecule has 0 fully saturated rings. The van der Waals surface area contributed by atoms with Gasteiger partial charge >= 0.3 is 11.9 Å². The number of halogens is 6. The number of hydrogen-bond acceptors (Lipinski definition) is 5. The lowest BCUT2D eigenvalue weighted by atomic mass is 10.1. The third-order valence-electron chi connectivity index (χ3n) is 5.03. The summed E-state index contributed by atoms with van der Waals surface area (Å²) in [4.78, 5) is 17.3. The van der Waals surface area contributed by atoms with E-state index in [1.165, 1.54) is 24.3 Å². The van der Waals surface area contributed by atoms with Crippen LogP contribution in [-0.2, 0) is 19.5 Å². The van der Waals surface area contributed by atoms with Gasteiger partial charge in [-0.25, -0.2) is 14.5 Å². The summed E-state index contributed by atoms with van der Waals surface area (Å²) in [7, 11) is 0. The first-order valence-electron chi connectivity index (χ1n) is 10.0. The van der Waals surface area contributed by atoms with Gasteiger partial charge in [-0.05, 0) is 42.0 Å². The van der Waals surface area contributed by atoms with Crippen molar-refractivity contribution in [2.45, 2.75) is 31.8 Å². The highest BCUT2D eigenvalue weighted by Gasteiger charge is 2.39. The second kappa shape index (κ2) is 10.0. The third-order valence-corrected chi connectivity index (χ3v) is 5.99. The fraction of sp³-hybridized carbons (Fsp3) is 0.238. The molecular formula is C21H16Cl3F3N6O2. The van der Waals surface area contributed by atoms with E-state index in [-0.39, 0.29) is 24.6 Å². The van der Waals surface area contributed by atoms with Gasteiger partial charge in [-0.2, -0.15) is 18.3 Å². The maximum Gasteiger partial charge on any atom is 0.416 e. The Morgan fingerprint density at radius 3 is 2.34 bits per heavy atom. The van der Waals surface area contributed by atoms with Crippen LogP contribution in [0.2, 0.25) is 15.1 Å². The van der Waals surface area contributed by atoms with Gasteiger partial charge in [-0.3, -0.25) is 9.67 Å². The molecule has 2 aromatic carbocycles. The van der Waals surface area contributed by atoms with Crippen molar-refractivity contribution in [3.05, 3.63) is 85.2 Å². The molecular weight excluding hydrogens is 532 g/mol. The number of aromatic amines is 1. The first-order chi connectivity index (χ1) is 16.5. The zero-order valence-electron chi connectivity index (χ0n) is 17.6. The number of nitrogens with zero attached hydrogens (tertiary/aromatic N) is 5. The Morgan fingerprint density at radius 1 is 1.06 bits per heavy atom. The summed E-state index contributed by atoms with van der Waals surface area (Å²) in [6.45, 7) is -1.25. The van der Waals surface area contributed by atoms with E-state index in [4.69, 9.17) is 34.8 Å². The number of benzene rings is 2. The van der Waals surface area contributed by atoms with E-state index < -0.39 is 24.5 Å². The van der Waals surface area contributed by atoms with Gasteiger partial charge in [0.2, 0.25) is 0 Å². The number of H-pyrrole nitrogens is 1. The summed E-state index contributed by atoms with van der Waals surface area (Å²) in [6.07, 6.45) is -7.47. The zero-order valence-corrected chi connectivity index (χ0v) is 19.9. The highest BCUT2D eigenvalue weighted by molar-refractivity contribution is 6.36. The van der Waals surface area contributed by atoms with Crippen LogP contribution in [0.1, 0.15) is 17.2 Å². The fourth-order valence-corrected chi connectivity index (χ4v) is 3.94. The molecule has 0 amide bonds. The van der Waals surface area contributed by atoms with E-state index >= 15 is 0 Å². The minimum atomic E-state index is -4.92. The van der Waals surface area contributed by atoms with Crippen LogP contribution in [0, 0.1) is 0 Å². The topological polar surface area (TPSA) is 102 Å². The second-order valence-corrected chi connectivity index (χ2v) is 8.76. The first-order valence-corrected chi connectivity index (χ1v) is 11.2. The molecule has 35 heavy (non-hydrogen) atoms. The Kier molecular flexibility index (Phi) is 7.22. The normalized spacial score (nSPS) is 12.8. The molecule has 2 N–H and O–H groups in total. The van der Waals surface area contributed by atoms with Gasteiger partial charge in [0.25, 0.3) is 0 Å². The van der Waals surface area contributed by atoms with Crippen LogP contribution < -0.4 is 5.69 Å². The Morgan fingerprint density at radius 2 is 1.71 bits per heavy atom. The van der Waals surface area contributed by atoms with Crippen molar-refractivity contribution in [1.29, 1.82) is 0 Å². The molecule has 0 saturated carbocycles. The Hall–Kier alpha value is -2.86. The Labute approximate surface area is 210 Å². The first kappa shape index (κ1) is 25.2. The molecule has 2 aromatic heterocycles. The lowest BCUT2D eigenvalue weighted by Gasteiger charge is -2.15. The van der Waals surface area contributed by atoms with Crippen molar-refractivity contribution in [1.82, 2.24) is 29.5 Å². The molecule has 14 heteroatoms. The number of rotatable bonds is 7. The fourth-order valence-electron chi connectivity index (χ4n) is 3.28. The average Bonchev–Trinajstić information content (AvgIpc) is 3.36. The molecule has 0 aliphatic heterocycles. The molecule has 0 spiro atoms. The minimum absolute atomic E-state index is 0.0717. The van der Waals surface area contributed by atoms with E-state index in [2.05, 4.69) is 20.3 Å². The number of aromatic nitrogens is 6. The maximum atomic E-state index is 13.0. The van der Waals surface area contributed by atoms with Crippen molar-refractivity contribution in [2.24, 2.45) is 0 Å². The van der Waals surface area contributed by atoms with Crippen LogP contribution in [-0.4, -0.2) is 46.9 Å². The van der Waals surface area contributed by atoms with Crippen molar-refractivity contribution in [2.75, 3.05) is 0 Å². The van der Waals surface area contributed by atoms with Crippen LogP contribution in [0.15, 0.2) is 47.3 Å². The molecule has 0 radical (unpaired) electrons. The smallest absolute Gasteiger partial charge is 0.382 e. The van der Waals surface area contributed by atoms with Crippen molar-refractivity contribution in [3.8, 4) is 11.4 Å². The number of hydrogen-bond donors (Lipinski definition) is 2. The minimum Gasteiger partial charge on any atom is -0.382 e. The van der Waals surface area contributed by atoms with Crippen LogP contribution in [0.4, 0.5) is 13.2 Å². The van der Waals surface area contributed by atoms with E-state index in [1.54, 1.807) is 18.2 Å². The summed E-state index contributed by atoms with van der Waals surface area (Å²) in [5.74, 6) is 0.499. The molecule has 0 aliphatic rings. The van der Waals surface area contributed by atoms with Crippen LogP contribution in [0.25, 0.3) is 11.4 Å². The van der Waals surface area contributed by atoms with Gasteiger partial charge in [-0.1, -0.05) is 40.9 Å². The Balaban J connectivity index is 1.65. The molecule has 0 bridgehead atoms. The zero-order chi connectivity index (χ0) is 25.3. The summed E-state index contributed by atoms with van der Waals surface area (Å²) < 4.78 is 40.7. The Bertz CT molecular complexity index is 1380. The summed E-state index contributed by atoms with van der Waals surface area (Å²) in [5.41, 5.74) is 0.0885. The average molecular weight is 548 g/mol. The summed E-state index contributed by atoms with van der Waals surface area (Å²) in [5, 5.41) is 21.8. The lowest BCUT2D eigenvalue weighted by Crippen LogP contribution is -2.37. The summed E-state index contributed by atoms with van der Waals surface area (Å²) in [6, 6.07) is 11.1. The molecule has 0 unspecified atom stereocenters. The van der Waals surface area contributed by atoms with Crippen LogP contribution >= 0.6 is 34.8 Å². The maximum absolute atomic E-state index is 13.0. The molecule has 0 saturated heterocycles. The predicted molar refractivity (Wildman–Crippen MR) is 124 cm³/mol. The molecule has 4 aromatic rings. The van der Waals surface area contributed by atoms with Gasteiger partial charge in [0.15, 0.2) is 17.8 Å². The lowest BCUT2D eigenvalue weighted by molar-refractivity contribution is -0.207. The van der Waals surface area contributed by atoms with E-state index in [0.717, 1.165) is 9.25 Å². The standard InChI is InChI=1S/C21H16Cl3F3N6O2/c22-12-6-4-11(5-7-12)19-31-33(20(35)32(19)9-16(34)21(25,26)27)10-18-28-17(29-30-18)8-13-14(23)2-1-3-15(13)24/h1-7,16,34H,8-10H2,(H,28,29,30)/t16-/m1/s1. The van der Waals surface area contributed by atoms with E-state index in [9.17, 15) is 23.1 Å². The molecule has 1 atom stereocenters. The highest BCUT2D eigenvalue weighted by Crippen LogP contribution is 2.26. The van der Waals surface area contributed by atoms with Crippen molar-refractivity contribution >= 4 is 34.8 Å². The quantitative estimate of drug-likeness (QED) is 0.358. The summed E-state index contributed by atoms with van der Waals surface area (Å²) >= 11 is 18.3.